The Morgan fingerprint density at radius 3 is 2.08 bits per heavy atom. The van der Waals surface area contributed by atoms with E-state index in [1.807, 2.05) is 0 Å². The molecular weight excluding hydrogens is 322 g/mol. The molecule has 9 unspecified atom stereocenters. The van der Waals surface area contributed by atoms with Crippen molar-refractivity contribution in [3.63, 3.8) is 0 Å². The van der Waals surface area contributed by atoms with E-state index in [1.165, 1.54) is 0 Å². The first-order valence-electron chi connectivity index (χ1n) is 8.11. The van der Waals surface area contributed by atoms with Crippen LogP contribution in [0.3, 0.4) is 0 Å². The van der Waals surface area contributed by atoms with Crippen LogP contribution in [0.4, 0.5) is 0 Å². The molecule has 0 aromatic rings. The third kappa shape index (κ3) is 3.31. The maximum Gasteiger partial charge on any atom is 0.114 e. The highest BCUT2D eigenvalue weighted by atomic mass is 16.4. The second kappa shape index (κ2) is 7.63. The summed E-state index contributed by atoms with van der Waals surface area (Å²) in [6.07, 6.45) is -8.27. The van der Waals surface area contributed by atoms with Crippen molar-refractivity contribution in [1.82, 2.24) is 5.32 Å². The first kappa shape index (κ1) is 19.5. The van der Waals surface area contributed by atoms with E-state index in [4.69, 9.17) is 0 Å². The van der Waals surface area contributed by atoms with Crippen molar-refractivity contribution in [2.75, 3.05) is 6.61 Å². The molecule has 140 valence electrons. The summed E-state index contributed by atoms with van der Waals surface area (Å²) in [4.78, 5) is 0. The monoisotopic (exact) mass is 349 g/mol. The fraction of sp³-hybridized carbons (Fsp3) is 0.867. The normalized spacial score (nSPS) is 47.1. The SMILES string of the molecule is CCC1=C(O)C(NC2CC(CO)C(O)C(O)C2O)C(O)C(O)C1O. The highest BCUT2D eigenvalue weighted by Crippen LogP contribution is 2.30. The molecule has 9 heteroatoms. The van der Waals surface area contributed by atoms with Crippen LogP contribution in [0.5, 0.6) is 0 Å². The molecule has 0 radical (unpaired) electrons. The predicted molar refractivity (Wildman–Crippen MR) is 81.9 cm³/mol. The van der Waals surface area contributed by atoms with Gasteiger partial charge in [0.05, 0.1) is 18.2 Å². The maximum absolute atomic E-state index is 10.3. The molecule has 1 saturated carbocycles. The molecule has 0 aliphatic heterocycles. The zero-order valence-corrected chi connectivity index (χ0v) is 13.4. The number of aliphatic hydroxyl groups excluding tert-OH is 8. The number of nitrogens with one attached hydrogen (secondary N) is 1. The molecule has 1 fully saturated rings. The lowest BCUT2D eigenvalue weighted by molar-refractivity contribution is -0.136. The molecule has 0 amide bonds. The van der Waals surface area contributed by atoms with E-state index >= 15 is 0 Å². The van der Waals surface area contributed by atoms with Crippen LogP contribution in [0.2, 0.25) is 0 Å². The molecule has 0 heterocycles. The van der Waals surface area contributed by atoms with Crippen LogP contribution < -0.4 is 5.32 Å². The highest BCUT2D eigenvalue weighted by Gasteiger charge is 2.47. The van der Waals surface area contributed by atoms with Crippen molar-refractivity contribution >= 4 is 0 Å². The molecule has 2 aliphatic rings. The van der Waals surface area contributed by atoms with Crippen molar-refractivity contribution < 1.29 is 40.9 Å². The first-order valence-corrected chi connectivity index (χ1v) is 8.11. The summed E-state index contributed by atoms with van der Waals surface area (Å²) in [5.74, 6) is -1.01. The van der Waals surface area contributed by atoms with Crippen LogP contribution in [0.15, 0.2) is 11.3 Å². The first-order chi connectivity index (χ1) is 11.2. The third-order valence-electron chi connectivity index (χ3n) is 5.16. The van der Waals surface area contributed by atoms with Crippen molar-refractivity contribution in [2.24, 2.45) is 5.92 Å². The van der Waals surface area contributed by atoms with E-state index < -0.39 is 61.2 Å². The smallest absolute Gasteiger partial charge is 0.114 e. The molecule has 0 aromatic carbocycles. The lowest BCUT2D eigenvalue weighted by atomic mass is 9.78. The fourth-order valence-corrected chi connectivity index (χ4v) is 3.57. The molecule has 2 aliphatic carbocycles. The minimum atomic E-state index is -1.53. The summed E-state index contributed by atoms with van der Waals surface area (Å²) in [5.41, 5.74) is 0.176. The van der Waals surface area contributed by atoms with Crippen LogP contribution in [-0.4, -0.2) is 96.2 Å². The summed E-state index contributed by atoms with van der Waals surface area (Å²) in [7, 11) is 0. The van der Waals surface area contributed by atoms with Gasteiger partial charge in [-0.2, -0.15) is 0 Å². The quantitative estimate of drug-likeness (QED) is 0.252. The Morgan fingerprint density at radius 1 is 0.917 bits per heavy atom. The lowest BCUT2D eigenvalue weighted by Crippen LogP contribution is -2.64. The van der Waals surface area contributed by atoms with Gasteiger partial charge in [0.15, 0.2) is 0 Å². The fourth-order valence-electron chi connectivity index (χ4n) is 3.57. The van der Waals surface area contributed by atoms with Gasteiger partial charge in [-0.05, 0) is 18.4 Å². The molecule has 0 spiro atoms. The van der Waals surface area contributed by atoms with Crippen LogP contribution in [-0.2, 0) is 0 Å². The van der Waals surface area contributed by atoms with Crippen molar-refractivity contribution in [3.8, 4) is 0 Å². The number of hydrogen-bond acceptors (Lipinski definition) is 9. The Kier molecular flexibility index (Phi) is 6.21. The molecule has 2 rings (SSSR count). The van der Waals surface area contributed by atoms with Crippen LogP contribution >= 0.6 is 0 Å². The minimum Gasteiger partial charge on any atom is -0.510 e. The topological polar surface area (TPSA) is 174 Å². The summed E-state index contributed by atoms with van der Waals surface area (Å²) in [6.45, 7) is 1.27. The maximum atomic E-state index is 10.3. The second-order valence-corrected chi connectivity index (χ2v) is 6.59. The number of aliphatic hydroxyl groups is 8. The van der Waals surface area contributed by atoms with E-state index in [2.05, 4.69) is 5.32 Å². The zero-order valence-electron chi connectivity index (χ0n) is 13.4. The van der Waals surface area contributed by atoms with Crippen molar-refractivity contribution in [3.05, 3.63) is 11.3 Å². The van der Waals surface area contributed by atoms with Crippen LogP contribution in [0.1, 0.15) is 19.8 Å². The Morgan fingerprint density at radius 2 is 1.54 bits per heavy atom. The van der Waals surface area contributed by atoms with Gasteiger partial charge in [-0.15, -0.1) is 0 Å². The molecule has 0 aromatic heterocycles. The average Bonchev–Trinajstić information content (AvgIpc) is 2.57. The highest BCUT2D eigenvalue weighted by molar-refractivity contribution is 5.26. The molecule has 9 N–H and O–H groups in total. The Labute approximate surface area is 139 Å². The van der Waals surface area contributed by atoms with E-state index in [1.54, 1.807) is 6.92 Å². The predicted octanol–water partition coefficient (Wildman–Crippen LogP) is -3.27. The molecule has 9 nitrogen and oxygen atoms in total. The van der Waals surface area contributed by atoms with Gasteiger partial charge in [-0.1, -0.05) is 6.92 Å². The summed E-state index contributed by atoms with van der Waals surface area (Å²) in [6, 6.07) is -2.00. The summed E-state index contributed by atoms with van der Waals surface area (Å²) >= 11 is 0. The largest absolute Gasteiger partial charge is 0.510 e. The third-order valence-corrected chi connectivity index (χ3v) is 5.16. The van der Waals surface area contributed by atoms with Gasteiger partial charge in [0.25, 0.3) is 0 Å². The Hall–Kier alpha value is -0.780. The molecule has 9 atom stereocenters. The van der Waals surface area contributed by atoms with E-state index in [0.29, 0.717) is 0 Å². The average molecular weight is 349 g/mol. The summed E-state index contributed by atoms with van der Waals surface area (Å²) < 4.78 is 0. The number of hydrogen-bond donors (Lipinski definition) is 9. The van der Waals surface area contributed by atoms with Crippen molar-refractivity contribution in [2.45, 2.75) is 68.5 Å². The van der Waals surface area contributed by atoms with Gasteiger partial charge in [-0.25, -0.2) is 0 Å². The Bertz CT molecular complexity index is 470. The number of rotatable bonds is 4. The van der Waals surface area contributed by atoms with E-state index in [-0.39, 0.29) is 24.2 Å². The molecular formula is C15H27NO8. The molecule has 0 saturated heterocycles. The molecule has 24 heavy (non-hydrogen) atoms. The van der Waals surface area contributed by atoms with Gasteiger partial charge in [-0.3, -0.25) is 5.32 Å². The van der Waals surface area contributed by atoms with Gasteiger partial charge in [0.2, 0.25) is 0 Å². The minimum absolute atomic E-state index is 0.0898. The lowest BCUT2D eigenvalue weighted by Gasteiger charge is -2.44. The standard InChI is InChI=1S/C15H27NO8/c1-2-6-10(19)8(13(22)15(24)11(6)20)16-7-3-5(4-17)9(18)14(23)12(7)21/h5,7-9,11-24H,2-4H2,1H3. The summed E-state index contributed by atoms with van der Waals surface area (Å²) in [5, 5.41) is 82.2. The van der Waals surface area contributed by atoms with Gasteiger partial charge >= 0.3 is 0 Å². The molecule has 0 bridgehead atoms. The second-order valence-electron chi connectivity index (χ2n) is 6.59. The van der Waals surface area contributed by atoms with Gasteiger partial charge in [0.1, 0.15) is 30.2 Å². The van der Waals surface area contributed by atoms with Crippen molar-refractivity contribution in [1.29, 1.82) is 0 Å². The van der Waals surface area contributed by atoms with Gasteiger partial charge < -0.3 is 40.9 Å². The van der Waals surface area contributed by atoms with Crippen LogP contribution in [0.25, 0.3) is 0 Å². The van der Waals surface area contributed by atoms with Crippen LogP contribution in [0, 0.1) is 5.92 Å². The van der Waals surface area contributed by atoms with E-state index in [9.17, 15) is 40.9 Å². The Balaban J connectivity index is 2.23. The van der Waals surface area contributed by atoms with Gasteiger partial charge in [0, 0.05) is 18.6 Å². The zero-order chi connectivity index (χ0) is 18.2. The van der Waals surface area contributed by atoms with E-state index in [0.717, 1.165) is 0 Å².